The van der Waals surface area contributed by atoms with Crippen LogP contribution in [0.2, 0.25) is 0 Å². The molecule has 1 aromatic carbocycles. The van der Waals surface area contributed by atoms with Gasteiger partial charge in [0.25, 0.3) is 0 Å². The monoisotopic (exact) mass is 478 g/mol. The third-order valence-corrected chi connectivity index (χ3v) is 9.24. The van der Waals surface area contributed by atoms with Crippen molar-refractivity contribution in [1.29, 1.82) is 0 Å². The number of benzene rings is 1. The number of nitrogens with zero attached hydrogens (tertiary/aromatic N) is 1. The van der Waals surface area contributed by atoms with Crippen molar-refractivity contribution >= 4 is 5.97 Å². The van der Waals surface area contributed by atoms with E-state index in [1.807, 2.05) is 6.26 Å². The number of rotatable bonds is 8. The lowest BCUT2D eigenvalue weighted by atomic mass is 9.46. The normalized spacial score (nSPS) is 29.0. The van der Waals surface area contributed by atoms with E-state index in [-0.39, 0.29) is 16.8 Å². The Morgan fingerprint density at radius 3 is 2.60 bits per heavy atom. The van der Waals surface area contributed by atoms with Crippen LogP contribution in [0.1, 0.15) is 69.3 Å². The number of fused-ring (bicyclic) bond motifs is 1. The molecule has 0 saturated heterocycles. The van der Waals surface area contributed by atoms with Crippen molar-refractivity contribution in [2.45, 2.75) is 71.9 Å². The van der Waals surface area contributed by atoms with Crippen molar-refractivity contribution in [2.75, 3.05) is 21.2 Å². The number of esters is 1. The van der Waals surface area contributed by atoms with Crippen LogP contribution >= 0.6 is 0 Å². The second-order valence-electron chi connectivity index (χ2n) is 12.2. The summed E-state index contributed by atoms with van der Waals surface area (Å²) in [6.07, 6.45) is 9.11. The van der Waals surface area contributed by atoms with Gasteiger partial charge in [0.2, 0.25) is 0 Å². The molecular weight excluding hydrogens is 434 g/mol. The molecule has 2 aliphatic rings. The van der Waals surface area contributed by atoms with Gasteiger partial charge in [-0.05, 0) is 74.3 Å². The molecule has 1 unspecified atom stereocenters. The summed E-state index contributed by atoms with van der Waals surface area (Å²) in [4.78, 5) is 12.9. The zero-order valence-corrected chi connectivity index (χ0v) is 22.4. The van der Waals surface area contributed by atoms with E-state index in [4.69, 9.17) is 9.15 Å². The highest BCUT2D eigenvalue weighted by molar-refractivity contribution is 5.77. The molecule has 0 N–H and O–H groups in total. The molecule has 0 radical (unpaired) electrons. The van der Waals surface area contributed by atoms with Crippen molar-refractivity contribution in [3.63, 3.8) is 0 Å². The number of aryl methyl sites for hydroxylation is 1. The van der Waals surface area contributed by atoms with Gasteiger partial charge in [0.05, 0.1) is 32.9 Å². The van der Waals surface area contributed by atoms with Gasteiger partial charge < -0.3 is 13.6 Å². The highest BCUT2D eigenvalue weighted by Crippen LogP contribution is 2.62. The van der Waals surface area contributed by atoms with E-state index in [1.165, 1.54) is 23.8 Å². The maximum atomic E-state index is 12.9. The van der Waals surface area contributed by atoms with E-state index >= 15 is 0 Å². The zero-order chi connectivity index (χ0) is 25.3. The second-order valence-corrected chi connectivity index (χ2v) is 12.2. The van der Waals surface area contributed by atoms with Crippen LogP contribution in [0.15, 0.2) is 59.2 Å². The molecule has 190 valence electrons. The number of hydrogen-bond donors (Lipinski definition) is 0. The Hall–Kier alpha value is -2.33. The molecule has 35 heavy (non-hydrogen) atoms. The number of methoxy groups -OCH3 is 1. The molecule has 1 heterocycles. The highest BCUT2D eigenvalue weighted by Gasteiger charge is 2.57. The average Bonchev–Trinajstić information content (AvgIpc) is 3.24. The van der Waals surface area contributed by atoms with E-state index in [0.717, 1.165) is 68.3 Å². The molecule has 4 atom stereocenters. The van der Waals surface area contributed by atoms with Gasteiger partial charge in [-0.2, -0.15) is 0 Å². The quantitative estimate of drug-likeness (QED) is 0.234. The van der Waals surface area contributed by atoms with Crippen molar-refractivity contribution in [2.24, 2.45) is 22.7 Å². The van der Waals surface area contributed by atoms with Gasteiger partial charge in [-0.25, -0.2) is 0 Å². The van der Waals surface area contributed by atoms with E-state index in [9.17, 15) is 4.79 Å². The minimum absolute atomic E-state index is 0.0322. The Morgan fingerprint density at radius 2 is 1.89 bits per heavy atom. The van der Waals surface area contributed by atoms with Crippen LogP contribution in [-0.2, 0) is 29.0 Å². The Balaban J connectivity index is 1.48. The summed E-state index contributed by atoms with van der Waals surface area (Å²) in [5, 5.41) is 0. The minimum Gasteiger partial charge on any atom is -0.469 e. The van der Waals surface area contributed by atoms with E-state index < -0.39 is 0 Å². The molecule has 2 aromatic rings. The minimum atomic E-state index is -0.388. The lowest BCUT2D eigenvalue weighted by molar-refractivity contribution is -0.917. The molecule has 1 aromatic heterocycles. The Morgan fingerprint density at radius 1 is 1.14 bits per heavy atom. The molecule has 4 rings (SSSR count). The lowest BCUT2D eigenvalue weighted by Crippen LogP contribution is -2.53. The van der Waals surface area contributed by atoms with Crippen LogP contribution in [0.5, 0.6) is 0 Å². The highest BCUT2D eigenvalue weighted by atomic mass is 16.5. The van der Waals surface area contributed by atoms with Crippen molar-refractivity contribution < 1.29 is 18.4 Å². The van der Waals surface area contributed by atoms with Crippen molar-refractivity contribution in [1.82, 2.24) is 0 Å². The van der Waals surface area contributed by atoms with Crippen LogP contribution in [0.25, 0.3) is 0 Å². The van der Waals surface area contributed by atoms with Gasteiger partial charge in [-0.15, -0.1) is 0 Å². The number of ether oxygens (including phenoxy) is 1. The number of quaternary nitrogens is 1. The molecule has 4 heteroatoms. The molecule has 0 spiro atoms. The first kappa shape index (κ1) is 25.8. The number of carbonyl (C=O) groups is 1. The third kappa shape index (κ3) is 5.14. The van der Waals surface area contributed by atoms with Crippen molar-refractivity contribution in [3.8, 4) is 0 Å². The first-order chi connectivity index (χ1) is 16.6. The van der Waals surface area contributed by atoms with Gasteiger partial charge in [0.15, 0.2) is 5.76 Å². The molecular formula is C31H44NO3+. The van der Waals surface area contributed by atoms with Crippen LogP contribution < -0.4 is 0 Å². The summed E-state index contributed by atoms with van der Waals surface area (Å²) in [6.45, 7) is 10.9. The topological polar surface area (TPSA) is 39.4 Å². The molecule has 0 aliphatic heterocycles. The maximum Gasteiger partial charge on any atom is 0.311 e. The largest absolute Gasteiger partial charge is 0.469 e. The fourth-order valence-electron chi connectivity index (χ4n) is 7.51. The summed E-state index contributed by atoms with van der Waals surface area (Å²) >= 11 is 0. The summed E-state index contributed by atoms with van der Waals surface area (Å²) in [5.74, 6) is 1.82. The smallest absolute Gasteiger partial charge is 0.311 e. The number of carbonyl (C=O) groups excluding carboxylic acids is 1. The second kappa shape index (κ2) is 9.97. The summed E-state index contributed by atoms with van der Waals surface area (Å²) in [7, 11) is 6.07. The third-order valence-electron chi connectivity index (χ3n) is 9.24. The standard InChI is InChI=1S/C31H44NO3/c1-23-13-16-28-30(2,18-10-19-31(28,3)29(33)34-6)26(23)15-14-25-17-20-35-27(25)22-32(4,5)21-24-11-8-7-9-12-24/h7-9,11-12,17,20,26,28H,1,10,13-16,18-19,21-22H2,2-6H3/q+1/t26-,28?,30+,31-/m0/s1. The van der Waals surface area contributed by atoms with Crippen LogP contribution in [0.3, 0.4) is 0 Å². The van der Waals surface area contributed by atoms with E-state index in [1.54, 1.807) is 0 Å². The maximum absolute atomic E-state index is 12.9. The molecule has 4 nitrogen and oxygen atoms in total. The van der Waals surface area contributed by atoms with Gasteiger partial charge in [-0.3, -0.25) is 4.79 Å². The fourth-order valence-corrected chi connectivity index (χ4v) is 7.51. The van der Waals surface area contributed by atoms with Crippen LogP contribution in [-0.4, -0.2) is 31.7 Å². The Kier molecular flexibility index (Phi) is 7.33. The predicted octanol–water partition coefficient (Wildman–Crippen LogP) is 6.94. The molecule has 2 fully saturated rings. The summed E-state index contributed by atoms with van der Waals surface area (Å²) in [6, 6.07) is 12.8. The van der Waals surface area contributed by atoms with Gasteiger partial charge in [0.1, 0.15) is 13.1 Å². The Bertz CT molecular complexity index is 1040. The van der Waals surface area contributed by atoms with Crippen LogP contribution in [0, 0.1) is 22.7 Å². The number of allylic oxidation sites excluding steroid dienone is 1. The first-order valence-corrected chi connectivity index (χ1v) is 13.3. The molecule has 2 aliphatic carbocycles. The van der Waals surface area contributed by atoms with E-state index in [2.05, 4.69) is 70.9 Å². The van der Waals surface area contributed by atoms with Crippen LogP contribution in [0.4, 0.5) is 0 Å². The molecule has 0 amide bonds. The van der Waals surface area contributed by atoms with Crippen molar-refractivity contribution in [3.05, 3.63) is 71.7 Å². The lowest BCUT2D eigenvalue weighted by Gasteiger charge is -2.57. The van der Waals surface area contributed by atoms with E-state index in [0.29, 0.717) is 11.8 Å². The molecule has 2 saturated carbocycles. The number of hydrogen-bond acceptors (Lipinski definition) is 3. The van der Waals surface area contributed by atoms with Gasteiger partial charge >= 0.3 is 5.97 Å². The van der Waals surface area contributed by atoms with Gasteiger partial charge in [0, 0.05) is 5.56 Å². The number of furan rings is 1. The Labute approximate surface area is 211 Å². The fraction of sp³-hybridized carbons (Fsp3) is 0.581. The summed E-state index contributed by atoms with van der Waals surface area (Å²) < 4.78 is 12.2. The molecule has 0 bridgehead atoms. The first-order valence-electron chi connectivity index (χ1n) is 13.3. The van der Waals surface area contributed by atoms with Gasteiger partial charge in [-0.1, -0.05) is 55.8 Å². The summed E-state index contributed by atoms with van der Waals surface area (Å²) in [5.41, 5.74) is 3.72. The predicted molar refractivity (Wildman–Crippen MR) is 140 cm³/mol. The SMILES string of the molecule is C=C1CCC2[C@](C)(CCC[C@]2(C)C(=O)OC)[C@H]1CCc1ccoc1C[N+](C)(C)Cc1ccccc1. The zero-order valence-electron chi connectivity index (χ0n) is 22.4. The average molecular weight is 479 g/mol.